The van der Waals surface area contributed by atoms with Crippen molar-refractivity contribution >= 4 is 0 Å². The van der Waals surface area contributed by atoms with Gasteiger partial charge in [-0.25, -0.2) is 13.2 Å². The van der Waals surface area contributed by atoms with Crippen LogP contribution >= 0.6 is 0 Å². The van der Waals surface area contributed by atoms with Crippen LogP contribution in [0.1, 0.15) is 81.4 Å². The van der Waals surface area contributed by atoms with E-state index in [-0.39, 0.29) is 23.8 Å². The molecule has 0 radical (unpaired) electrons. The van der Waals surface area contributed by atoms with E-state index in [1.807, 2.05) is 0 Å². The van der Waals surface area contributed by atoms with Gasteiger partial charge in [-0.05, 0) is 74.8 Å². The van der Waals surface area contributed by atoms with Crippen molar-refractivity contribution in [3.8, 4) is 0 Å². The first kappa shape index (κ1) is 21.6. The molecular weight excluding hydrogens is 365 g/mol. The van der Waals surface area contributed by atoms with Gasteiger partial charge in [-0.15, -0.1) is 0 Å². The average Bonchev–Trinajstić information content (AvgIpc) is 2.70. The van der Waals surface area contributed by atoms with Crippen LogP contribution in [0.2, 0.25) is 0 Å². The number of hydrogen-bond donors (Lipinski definition) is 0. The number of aryl methyl sites for hydroxylation is 1. The van der Waals surface area contributed by atoms with E-state index in [1.54, 1.807) is 12.1 Å². The van der Waals surface area contributed by atoms with Gasteiger partial charge in [-0.2, -0.15) is 0 Å². The van der Waals surface area contributed by atoms with Gasteiger partial charge >= 0.3 is 0 Å². The highest BCUT2D eigenvalue weighted by atomic mass is 19.3. The standard InChI is InChI=1S/C23H33F3O2/c1-3-4-16-6-12-20(28-13-16)17-8-10-19(11-9-17)27-14-18-7-5-15(2)22(24)21(18)23(25)26/h5,7,16-17,19-20,23H,3-4,6,8-14H2,1-2H3. The van der Waals surface area contributed by atoms with Crippen LogP contribution in [0.3, 0.4) is 0 Å². The lowest BCUT2D eigenvalue weighted by molar-refractivity contribution is -0.0726. The molecule has 0 spiro atoms. The highest BCUT2D eigenvalue weighted by molar-refractivity contribution is 5.34. The number of halogens is 3. The van der Waals surface area contributed by atoms with Crippen molar-refractivity contribution in [1.82, 2.24) is 0 Å². The molecule has 1 aromatic rings. The van der Waals surface area contributed by atoms with Crippen LogP contribution in [0.25, 0.3) is 0 Å². The van der Waals surface area contributed by atoms with E-state index in [1.165, 1.54) is 26.2 Å². The van der Waals surface area contributed by atoms with Crippen molar-refractivity contribution < 1.29 is 22.6 Å². The van der Waals surface area contributed by atoms with Gasteiger partial charge in [-0.3, -0.25) is 0 Å². The van der Waals surface area contributed by atoms with Crippen LogP contribution in [0.4, 0.5) is 13.2 Å². The van der Waals surface area contributed by atoms with E-state index in [2.05, 4.69) is 6.92 Å². The molecular formula is C23H33F3O2. The third-order valence-electron chi connectivity index (χ3n) is 6.50. The second-order valence-corrected chi connectivity index (χ2v) is 8.52. The Morgan fingerprint density at radius 1 is 1.11 bits per heavy atom. The van der Waals surface area contributed by atoms with Crippen LogP contribution in [0.5, 0.6) is 0 Å². The molecule has 1 saturated heterocycles. The molecule has 1 aliphatic heterocycles. The maximum Gasteiger partial charge on any atom is 0.267 e. The zero-order valence-corrected chi connectivity index (χ0v) is 17.1. The summed E-state index contributed by atoms with van der Waals surface area (Å²) in [5.74, 6) is 0.492. The Labute approximate surface area is 166 Å². The van der Waals surface area contributed by atoms with Crippen LogP contribution in [0.15, 0.2) is 12.1 Å². The number of benzene rings is 1. The van der Waals surface area contributed by atoms with E-state index in [4.69, 9.17) is 9.47 Å². The molecule has 2 nitrogen and oxygen atoms in total. The molecule has 1 aromatic carbocycles. The zero-order valence-electron chi connectivity index (χ0n) is 17.1. The number of ether oxygens (including phenoxy) is 2. The van der Waals surface area contributed by atoms with Gasteiger partial charge in [0.1, 0.15) is 5.82 Å². The monoisotopic (exact) mass is 398 g/mol. The molecule has 2 unspecified atom stereocenters. The Balaban J connectivity index is 1.46. The summed E-state index contributed by atoms with van der Waals surface area (Å²) < 4.78 is 52.6. The van der Waals surface area contributed by atoms with E-state index in [9.17, 15) is 13.2 Å². The Hall–Kier alpha value is -1.07. The topological polar surface area (TPSA) is 18.5 Å². The minimum absolute atomic E-state index is 0.0465. The normalized spacial score (nSPS) is 28.6. The van der Waals surface area contributed by atoms with Gasteiger partial charge in [0.2, 0.25) is 0 Å². The van der Waals surface area contributed by atoms with Crippen molar-refractivity contribution in [3.05, 3.63) is 34.6 Å². The van der Waals surface area contributed by atoms with Crippen LogP contribution in [-0.4, -0.2) is 18.8 Å². The fraction of sp³-hybridized carbons (Fsp3) is 0.739. The maximum atomic E-state index is 14.1. The summed E-state index contributed by atoms with van der Waals surface area (Å²) in [6.07, 6.45) is 6.44. The van der Waals surface area contributed by atoms with Crippen LogP contribution < -0.4 is 0 Å². The number of alkyl halides is 2. The first-order chi connectivity index (χ1) is 13.5. The van der Waals surface area contributed by atoms with Gasteiger partial charge in [-0.1, -0.05) is 25.5 Å². The van der Waals surface area contributed by atoms with E-state index in [0.29, 0.717) is 12.0 Å². The summed E-state index contributed by atoms with van der Waals surface area (Å²) in [4.78, 5) is 0. The largest absolute Gasteiger partial charge is 0.378 e. The number of rotatable bonds is 7. The van der Waals surface area contributed by atoms with Crippen molar-refractivity contribution in [3.63, 3.8) is 0 Å². The molecule has 28 heavy (non-hydrogen) atoms. The molecule has 0 bridgehead atoms. The maximum absolute atomic E-state index is 14.1. The molecule has 0 N–H and O–H groups in total. The molecule has 0 amide bonds. The molecule has 1 aliphatic carbocycles. The fourth-order valence-electron chi connectivity index (χ4n) is 4.77. The predicted molar refractivity (Wildman–Crippen MR) is 104 cm³/mol. The summed E-state index contributed by atoms with van der Waals surface area (Å²) in [6, 6.07) is 3.11. The Kier molecular flexibility index (Phi) is 7.81. The van der Waals surface area contributed by atoms with Gasteiger partial charge in [0.25, 0.3) is 6.43 Å². The molecule has 1 saturated carbocycles. The Morgan fingerprint density at radius 2 is 1.86 bits per heavy atom. The van der Waals surface area contributed by atoms with Gasteiger partial charge in [0, 0.05) is 6.61 Å². The smallest absolute Gasteiger partial charge is 0.267 e. The van der Waals surface area contributed by atoms with E-state index >= 15 is 0 Å². The quantitative estimate of drug-likeness (QED) is 0.506. The van der Waals surface area contributed by atoms with Crippen molar-refractivity contribution in [2.75, 3.05) is 6.61 Å². The fourth-order valence-corrected chi connectivity index (χ4v) is 4.77. The molecule has 2 aliphatic rings. The van der Waals surface area contributed by atoms with E-state index in [0.717, 1.165) is 44.6 Å². The third-order valence-corrected chi connectivity index (χ3v) is 6.50. The van der Waals surface area contributed by atoms with Gasteiger partial charge < -0.3 is 9.47 Å². The Morgan fingerprint density at radius 3 is 2.46 bits per heavy atom. The van der Waals surface area contributed by atoms with Gasteiger partial charge in [0.05, 0.1) is 24.4 Å². The summed E-state index contributed by atoms with van der Waals surface area (Å²) >= 11 is 0. The lowest BCUT2D eigenvalue weighted by Gasteiger charge is -2.37. The SMILES string of the molecule is CCCC1CCC(C2CCC(OCc3ccc(C)c(F)c3C(F)F)CC2)OC1. The minimum atomic E-state index is -2.82. The lowest BCUT2D eigenvalue weighted by Crippen LogP contribution is -2.35. The molecule has 2 atom stereocenters. The van der Waals surface area contributed by atoms with Crippen LogP contribution in [-0.2, 0) is 16.1 Å². The molecule has 158 valence electrons. The van der Waals surface area contributed by atoms with Crippen LogP contribution in [0, 0.1) is 24.6 Å². The summed E-state index contributed by atoms with van der Waals surface area (Å²) in [6.45, 7) is 4.67. The average molecular weight is 399 g/mol. The van der Waals surface area contributed by atoms with Gasteiger partial charge in [0.15, 0.2) is 0 Å². The second-order valence-electron chi connectivity index (χ2n) is 8.52. The van der Waals surface area contributed by atoms with Crippen molar-refractivity contribution in [2.24, 2.45) is 11.8 Å². The second kappa shape index (κ2) is 10.1. The predicted octanol–water partition coefficient (Wildman–Crippen LogP) is 6.74. The molecule has 5 heteroatoms. The molecule has 3 rings (SSSR count). The molecule has 1 heterocycles. The minimum Gasteiger partial charge on any atom is -0.378 e. The zero-order chi connectivity index (χ0) is 20.1. The van der Waals surface area contributed by atoms with Crippen molar-refractivity contribution in [1.29, 1.82) is 0 Å². The summed E-state index contributed by atoms with van der Waals surface area (Å²) in [5.41, 5.74) is -0.00283. The first-order valence-corrected chi connectivity index (χ1v) is 10.8. The summed E-state index contributed by atoms with van der Waals surface area (Å²) in [7, 11) is 0. The Bertz CT molecular complexity index is 619. The third kappa shape index (κ3) is 5.29. The number of hydrogen-bond acceptors (Lipinski definition) is 2. The highest BCUT2D eigenvalue weighted by Gasteiger charge is 2.32. The molecule has 0 aromatic heterocycles. The first-order valence-electron chi connectivity index (χ1n) is 10.8. The van der Waals surface area contributed by atoms with E-state index < -0.39 is 17.8 Å². The molecule has 2 fully saturated rings. The van der Waals surface area contributed by atoms with Crippen molar-refractivity contribution in [2.45, 2.75) is 90.5 Å². The summed E-state index contributed by atoms with van der Waals surface area (Å²) in [5, 5.41) is 0. The lowest BCUT2D eigenvalue weighted by atomic mass is 9.80. The highest BCUT2D eigenvalue weighted by Crippen LogP contribution is 2.36.